The molecular formula is C16H15BrClNOS. The number of amides is 1. The molecule has 0 aliphatic carbocycles. The lowest BCUT2D eigenvalue weighted by Crippen LogP contribution is -2.14. The van der Waals surface area contributed by atoms with Crippen molar-refractivity contribution < 1.29 is 4.79 Å². The summed E-state index contributed by atoms with van der Waals surface area (Å²) in [5, 5.41) is 3.63. The average molecular weight is 385 g/mol. The molecule has 0 aliphatic heterocycles. The minimum atomic E-state index is 0.00989. The Bertz CT molecular complexity index is 631. The Kier molecular flexibility index (Phi) is 6.15. The molecule has 0 aliphatic rings. The fourth-order valence-corrected chi connectivity index (χ4v) is 2.92. The Hall–Kier alpha value is -0.970. The molecule has 2 nitrogen and oxygen atoms in total. The van der Waals surface area contributed by atoms with Crippen LogP contribution in [0, 0.1) is 6.92 Å². The zero-order chi connectivity index (χ0) is 15.2. The van der Waals surface area contributed by atoms with E-state index in [1.165, 1.54) is 0 Å². The second-order valence-electron chi connectivity index (χ2n) is 4.63. The molecule has 0 spiro atoms. The summed E-state index contributed by atoms with van der Waals surface area (Å²) in [6.07, 6.45) is 0. The third-order valence-corrected chi connectivity index (χ3v) is 5.00. The minimum Gasteiger partial charge on any atom is -0.325 e. The summed E-state index contributed by atoms with van der Waals surface area (Å²) in [6.45, 7) is 2.00. The molecule has 0 saturated carbocycles. The van der Waals surface area contributed by atoms with Crippen molar-refractivity contribution in [1.82, 2.24) is 0 Å². The maximum atomic E-state index is 11.9. The molecule has 1 amide bonds. The van der Waals surface area contributed by atoms with Gasteiger partial charge in [-0.15, -0.1) is 11.8 Å². The first-order valence-corrected chi connectivity index (χ1v) is 8.75. The quantitative estimate of drug-likeness (QED) is 0.759. The summed E-state index contributed by atoms with van der Waals surface area (Å²) in [7, 11) is 0. The van der Waals surface area contributed by atoms with Crippen LogP contribution in [0.1, 0.15) is 11.1 Å². The number of thioether (sulfide) groups is 1. The third kappa shape index (κ3) is 5.38. The summed E-state index contributed by atoms with van der Waals surface area (Å²) in [5.41, 5.74) is 3.09. The van der Waals surface area contributed by atoms with Crippen molar-refractivity contribution >= 4 is 50.9 Å². The maximum absolute atomic E-state index is 11.9. The fraction of sp³-hybridized carbons (Fsp3) is 0.188. The van der Waals surface area contributed by atoms with Crippen LogP contribution in [0.25, 0.3) is 0 Å². The first-order chi connectivity index (χ1) is 10.0. The molecule has 21 heavy (non-hydrogen) atoms. The molecule has 0 bridgehead atoms. The number of hydrogen-bond donors (Lipinski definition) is 1. The normalized spacial score (nSPS) is 10.4. The van der Waals surface area contributed by atoms with Crippen LogP contribution in [-0.2, 0) is 10.5 Å². The summed E-state index contributed by atoms with van der Waals surface area (Å²) in [6, 6.07) is 13.5. The Morgan fingerprint density at radius 3 is 2.62 bits per heavy atom. The van der Waals surface area contributed by atoms with Crippen molar-refractivity contribution in [2.45, 2.75) is 12.7 Å². The molecule has 0 unspecified atom stereocenters. The van der Waals surface area contributed by atoms with Gasteiger partial charge in [0.2, 0.25) is 5.91 Å². The molecule has 2 rings (SSSR count). The molecular weight excluding hydrogens is 370 g/mol. The second kappa shape index (κ2) is 7.87. The first kappa shape index (κ1) is 16.4. The van der Waals surface area contributed by atoms with Crippen molar-refractivity contribution in [1.29, 1.82) is 0 Å². The largest absolute Gasteiger partial charge is 0.325 e. The Balaban J connectivity index is 1.79. The molecule has 0 aromatic heterocycles. The van der Waals surface area contributed by atoms with E-state index in [0.29, 0.717) is 5.75 Å². The van der Waals surface area contributed by atoms with E-state index < -0.39 is 0 Å². The minimum absolute atomic E-state index is 0.00989. The highest BCUT2D eigenvalue weighted by Gasteiger charge is 2.04. The van der Waals surface area contributed by atoms with Crippen molar-refractivity contribution in [3.63, 3.8) is 0 Å². The van der Waals surface area contributed by atoms with Gasteiger partial charge < -0.3 is 5.32 Å². The van der Waals surface area contributed by atoms with Crippen molar-refractivity contribution in [2.75, 3.05) is 11.1 Å². The monoisotopic (exact) mass is 383 g/mol. The van der Waals surface area contributed by atoms with Crippen molar-refractivity contribution in [3.8, 4) is 0 Å². The van der Waals surface area contributed by atoms with E-state index in [2.05, 4.69) is 21.2 Å². The predicted molar refractivity (Wildman–Crippen MR) is 95.1 cm³/mol. The number of rotatable bonds is 5. The Morgan fingerprint density at radius 1 is 1.24 bits per heavy atom. The number of hydrogen-bond acceptors (Lipinski definition) is 2. The lowest BCUT2D eigenvalue weighted by atomic mass is 10.2. The van der Waals surface area contributed by atoms with Gasteiger partial charge in [0.05, 0.1) is 5.75 Å². The molecule has 1 N–H and O–H groups in total. The van der Waals surface area contributed by atoms with Gasteiger partial charge in [0.1, 0.15) is 0 Å². The standard InChI is InChI=1S/C16H15BrClNOS/c1-11-8-14(6-7-15(11)17)19-16(20)10-21-9-12-2-4-13(18)5-3-12/h2-8H,9-10H2,1H3,(H,19,20). The zero-order valence-corrected chi connectivity index (χ0v) is 14.7. The predicted octanol–water partition coefficient (Wildman–Crippen LogP) is 5.28. The van der Waals surface area contributed by atoms with E-state index in [1.54, 1.807) is 11.8 Å². The topological polar surface area (TPSA) is 29.1 Å². The number of benzene rings is 2. The van der Waals surface area contributed by atoms with E-state index in [0.717, 1.165) is 32.1 Å². The highest BCUT2D eigenvalue weighted by atomic mass is 79.9. The molecule has 0 radical (unpaired) electrons. The van der Waals surface area contributed by atoms with Gasteiger partial charge in [-0.25, -0.2) is 0 Å². The summed E-state index contributed by atoms with van der Waals surface area (Å²) in [4.78, 5) is 11.9. The van der Waals surface area contributed by atoms with Gasteiger partial charge in [-0.1, -0.05) is 39.7 Å². The molecule has 0 fully saturated rings. The molecule has 5 heteroatoms. The molecule has 0 saturated heterocycles. The lowest BCUT2D eigenvalue weighted by Gasteiger charge is -2.07. The van der Waals surface area contributed by atoms with Gasteiger partial charge in [-0.3, -0.25) is 4.79 Å². The third-order valence-electron chi connectivity index (χ3n) is 2.86. The first-order valence-electron chi connectivity index (χ1n) is 6.43. The molecule has 110 valence electrons. The number of aryl methyl sites for hydroxylation is 1. The smallest absolute Gasteiger partial charge is 0.234 e. The zero-order valence-electron chi connectivity index (χ0n) is 11.5. The highest BCUT2D eigenvalue weighted by molar-refractivity contribution is 9.10. The van der Waals surface area contributed by atoms with Gasteiger partial charge in [-0.05, 0) is 48.4 Å². The number of anilines is 1. The summed E-state index contributed by atoms with van der Waals surface area (Å²) >= 11 is 10.9. The second-order valence-corrected chi connectivity index (χ2v) is 6.91. The van der Waals surface area contributed by atoms with Crippen LogP contribution in [0.2, 0.25) is 5.02 Å². The maximum Gasteiger partial charge on any atom is 0.234 e. The SMILES string of the molecule is Cc1cc(NC(=O)CSCc2ccc(Cl)cc2)ccc1Br. The Labute approximate surface area is 142 Å². The van der Waals surface area contributed by atoms with Crippen LogP contribution < -0.4 is 5.32 Å². The lowest BCUT2D eigenvalue weighted by molar-refractivity contribution is -0.113. The Morgan fingerprint density at radius 2 is 1.95 bits per heavy atom. The fourth-order valence-electron chi connectivity index (χ4n) is 1.76. The van der Waals surface area contributed by atoms with Crippen LogP contribution >= 0.6 is 39.3 Å². The van der Waals surface area contributed by atoms with Gasteiger partial charge >= 0.3 is 0 Å². The number of carbonyl (C=O) groups excluding carboxylic acids is 1. The molecule has 0 atom stereocenters. The van der Waals surface area contributed by atoms with E-state index >= 15 is 0 Å². The van der Waals surface area contributed by atoms with Gasteiger partial charge in [-0.2, -0.15) is 0 Å². The van der Waals surface area contributed by atoms with Crippen molar-refractivity contribution in [2.24, 2.45) is 0 Å². The number of halogens is 2. The van der Waals surface area contributed by atoms with Crippen LogP contribution in [0.3, 0.4) is 0 Å². The number of carbonyl (C=O) groups is 1. The average Bonchev–Trinajstić information content (AvgIpc) is 2.45. The number of nitrogens with one attached hydrogen (secondary N) is 1. The van der Waals surface area contributed by atoms with Crippen molar-refractivity contribution in [3.05, 3.63) is 63.1 Å². The summed E-state index contributed by atoms with van der Waals surface area (Å²) < 4.78 is 1.04. The van der Waals surface area contributed by atoms with Crippen LogP contribution in [0.15, 0.2) is 46.9 Å². The van der Waals surface area contributed by atoms with Gasteiger partial charge in [0, 0.05) is 20.9 Å². The van der Waals surface area contributed by atoms with E-state index in [1.807, 2.05) is 49.4 Å². The van der Waals surface area contributed by atoms with E-state index in [9.17, 15) is 4.79 Å². The van der Waals surface area contributed by atoms with Crippen LogP contribution in [-0.4, -0.2) is 11.7 Å². The summed E-state index contributed by atoms with van der Waals surface area (Å²) in [5.74, 6) is 1.23. The highest BCUT2D eigenvalue weighted by Crippen LogP contribution is 2.20. The van der Waals surface area contributed by atoms with E-state index in [-0.39, 0.29) is 5.91 Å². The molecule has 2 aromatic rings. The van der Waals surface area contributed by atoms with Crippen LogP contribution in [0.5, 0.6) is 0 Å². The van der Waals surface area contributed by atoms with Gasteiger partial charge in [0.15, 0.2) is 0 Å². The molecule has 0 heterocycles. The van der Waals surface area contributed by atoms with E-state index in [4.69, 9.17) is 11.6 Å². The molecule has 2 aromatic carbocycles. The van der Waals surface area contributed by atoms with Crippen LogP contribution in [0.4, 0.5) is 5.69 Å². The van der Waals surface area contributed by atoms with Gasteiger partial charge in [0.25, 0.3) is 0 Å².